The molecule has 18 heavy (non-hydrogen) atoms. The molecule has 1 aromatic carbocycles. The SMILES string of the molecule is CCc1cc2cc(COCOC)cc(Br)c2n1C. The van der Waals surface area contributed by atoms with Gasteiger partial charge in [-0.05, 0) is 46.1 Å². The van der Waals surface area contributed by atoms with Gasteiger partial charge in [-0.1, -0.05) is 6.92 Å². The average molecular weight is 312 g/mol. The molecule has 0 aliphatic carbocycles. The van der Waals surface area contributed by atoms with Gasteiger partial charge in [0, 0.05) is 29.7 Å². The van der Waals surface area contributed by atoms with E-state index >= 15 is 0 Å². The standard InChI is InChI=1S/C14H18BrNO2/c1-4-12-7-11-5-10(8-18-9-17-3)6-13(15)14(11)16(12)2/h5-7H,4,8-9H2,1-3H3. The van der Waals surface area contributed by atoms with Gasteiger partial charge in [0.05, 0.1) is 12.1 Å². The van der Waals surface area contributed by atoms with E-state index in [0.717, 1.165) is 16.5 Å². The Balaban J connectivity index is 2.36. The lowest BCUT2D eigenvalue weighted by Crippen LogP contribution is -1.98. The quantitative estimate of drug-likeness (QED) is 0.622. The lowest BCUT2D eigenvalue weighted by atomic mass is 10.1. The van der Waals surface area contributed by atoms with Crippen LogP contribution in [0, 0.1) is 0 Å². The lowest BCUT2D eigenvalue weighted by molar-refractivity contribution is -0.0390. The lowest BCUT2D eigenvalue weighted by Gasteiger charge is -2.07. The highest BCUT2D eigenvalue weighted by molar-refractivity contribution is 9.10. The van der Waals surface area contributed by atoms with E-state index in [2.05, 4.69) is 52.7 Å². The molecule has 98 valence electrons. The molecule has 1 heterocycles. The van der Waals surface area contributed by atoms with Crippen molar-refractivity contribution >= 4 is 26.8 Å². The molecule has 2 aromatic rings. The van der Waals surface area contributed by atoms with Crippen molar-refractivity contribution in [2.75, 3.05) is 13.9 Å². The van der Waals surface area contributed by atoms with Crippen molar-refractivity contribution in [3.8, 4) is 0 Å². The second-order valence-electron chi connectivity index (χ2n) is 4.32. The zero-order valence-electron chi connectivity index (χ0n) is 11.0. The first kappa shape index (κ1) is 13.6. The second-order valence-corrected chi connectivity index (χ2v) is 5.17. The summed E-state index contributed by atoms with van der Waals surface area (Å²) >= 11 is 3.64. The summed E-state index contributed by atoms with van der Waals surface area (Å²) in [5.74, 6) is 0. The predicted octanol–water partition coefficient (Wildman–Crippen LogP) is 3.62. The van der Waals surface area contributed by atoms with Crippen LogP contribution in [0.3, 0.4) is 0 Å². The van der Waals surface area contributed by atoms with E-state index in [0.29, 0.717) is 13.4 Å². The fourth-order valence-electron chi connectivity index (χ4n) is 2.23. The summed E-state index contributed by atoms with van der Waals surface area (Å²) in [6.07, 6.45) is 1.03. The van der Waals surface area contributed by atoms with Gasteiger partial charge in [0.2, 0.25) is 0 Å². The molecule has 0 aliphatic heterocycles. The molecule has 0 amide bonds. The number of ether oxygens (including phenoxy) is 2. The van der Waals surface area contributed by atoms with Crippen LogP contribution < -0.4 is 0 Å². The zero-order chi connectivity index (χ0) is 13.1. The van der Waals surface area contributed by atoms with Crippen LogP contribution in [0.25, 0.3) is 10.9 Å². The smallest absolute Gasteiger partial charge is 0.146 e. The molecular formula is C14H18BrNO2. The minimum Gasteiger partial charge on any atom is -0.359 e. The average Bonchev–Trinajstić information content (AvgIpc) is 2.67. The molecule has 0 bridgehead atoms. The monoisotopic (exact) mass is 311 g/mol. The van der Waals surface area contributed by atoms with Crippen molar-refractivity contribution in [1.29, 1.82) is 0 Å². The Morgan fingerprint density at radius 1 is 1.28 bits per heavy atom. The van der Waals surface area contributed by atoms with E-state index in [1.165, 1.54) is 16.6 Å². The normalized spacial score (nSPS) is 11.3. The van der Waals surface area contributed by atoms with Gasteiger partial charge in [-0.2, -0.15) is 0 Å². The number of halogens is 1. The number of hydrogen-bond acceptors (Lipinski definition) is 2. The molecule has 4 heteroatoms. The summed E-state index contributed by atoms with van der Waals surface area (Å²) in [4.78, 5) is 0. The fraction of sp³-hybridized carbons (Fsp3) is 0.429. The molecule has 0 radical (unpaired) electrons. The van der Waals surface area contributed by atoms with E-state index in [1.807, 2.05) is 0 Å². The molecule has 1 aromatic heterocycles. The molecule has 0 saturated heterocycles. The second kappa shape index (κ2) is 5.87. The predicted molar refractivity (Wildman–Crippen MR) is 76.7 cm³/mol. The summed E-state index contributed by atoms with van der Waals surface area (Å²) in [6, 6.07) is 6.52. The summed E-state index contributed by atoms with van der Waals surface area (Å²) in [5, 5.41) is 1.25. The maximum absolute atomic E-state index is 5.39. The van der Waals surface area contributed by atoms with Crippen molar-refractivity contribution in [1.82, 2.24) is 4.57 Å². The Morgan fingerprint density at radius 2 is 2.06 bits per heavy atom. The molecule has 0 aliphatic rings. The van der Waals surface area contributed by atoms with Crippen LogP contribution in [-0.4, -0.2) is 18.5 Å². The number of aryl methyl sites for hydroxylation is 2. The van der Waals surface area contributed by atoms with E-state index in [1.54, 1.807) is 7.11 Å². The Morgan fingerprint density at radius 3 is 2.72 bits per heavy atom. The Labute approximate surface area is 116 Å². The molecule has 0 N–H and O–H groups in total. The van der Waals surface area contributed by atoms with Crippen molar-refractivity contribution in [3.63, 3.8) is 0 Å². The largest absolute Gasteiger partial charge is 0.359 e. The number of benzene rings is 1. The minimum absolute atomic E-state index is 0.324. The maximum Gasteiger partial charge on any atom is 0.146 e. The minimum atomic E-state index is 0.324. The molecule has 0 spiro atoms. The van der Waals surface area contributed by atoms with Crippen molar-refractivity contribution in [3.05, 3.63) is 33.9 Å². The van der Waals surface area contributed by atoms with Gasteiger partial charge in [0.15, 0.2) is 0 Å². The van der Waals surface area contributed by atoms with Crippen molar-refractivity contribution < 1.29 is 9.47 Å². The first-order valence-electron chi connectivity index (χ1n) is 6.00. The third kappa shape index (κ3) is 2.60. The van der Waals surface area contributed by atoms with Gasteiger partial charge in [0.1, 0.15) is 6.79 Å². The Bertz CT molecular complexity index is 548. The van der Waals surface area contributed by atoms with E-state index in [4.69, 9.17) is 9.47 Å². The summed E-state index contributed by atoms with van der Waals surface area (Å²) in [7, 11) is 3.73. The molecule has 0 atom stereocenters. The van der Waals surface area contributed by atoms with Gasteiger partial charge < -0.3 is 14.0 Å². The Kier molecular flexibility index (Phi) is 4.43. The van der Waals surface area contributed by atoms with Crippen LogP contribution in [0.15, 0.2) is 22.7 Å². The molecule has 0 saturated carbocycles. The topological polar surface area (TPSA) is 23.4 Å². The van der Waals surface area contributed by atoms with E-state index in [9.17, 15) is 0 Å². The molecule has 0 unspecified atom stereocenters. The fourth-order valence-corrected chi connectivity index (χ4v) is 3.02. The van der Waals surface area contributed by atoms with Gasteiger partial charge in [0.25, 0.3) is 0 Å². The molecule has 0 fully saturated rings. The number of hydrogen-bond donors (Lipinski definition) is 0. The number of fused-ring (bicyclic) bond motifs is 1. The van der Waals surface area contributed by atoms with Crippen LogP contribution in [0.2, 0.25) is 0 Å². The van der Waals surface area contributed by atoms with Crippen LogP contribution in [0.5, 0.6) is 0 Å². The highest BCUT2D eigenvalue weighted by atomic mass is 79.9. The highest BCUT2D eigenvalue weighted by Gasteiger charge is 2.09. The molecular weight excluding hydrogens is 294 g/mol. The summed E-state index contributed by atoms with van der Waals surface area (Å²) in [5.41, 5.74) is 3.72. The summed E-state index contributed by atoms with van der Waals surface area (Å²) < 4.78 is 13.6. The van der Waals surface area contributed by atoms with Gasteiger partial charge in [-0.15, -0.1) is 0 Å². The van der Waals surface area contributed by atoms with Gasteiger partial charge >= 0.3 is 0 Å². The van der Waals surface area contributed by atoms with Crippen molar-refractivity contribution in [2.24, 2.45) is 7.05 Å². The summed E-state index contributed by atoms with van der Waals surface area (Å²) in [6.45, 7) is 3.06. The van der Waals surface area contributed by atoms with Crippen LogP contribution >= 0.6 is 15.9 Å². The molecule has 3 nitrogen and oxygen atoms in total. The van der Waals surface area contributed by atoms with E-state index in [-0.39, 0.29) is 0 Å². The number of rotatable bonds is 5. The molecule has 2 rings (SSSR count). The van der Waals surface area contributed by atoms with E-state index < -0.39 is 0 Å². The zero-order valence-corrected chi connectivity index (χ0v) is 12.6. The Hall–Kier alpha value is -0.840. The third-order valence-electron chi connectivity index (χ3n) is 3.07. The van der Waals surface area contributed by atoms with Crippen LogP contribution in [0.1, 0.15) is 18.2 Å². The maximum atomic E-state index is 5.39. The number of aromatic nitrogens is 1. The van der Waals surface area contributed by atoms with Crippen molar-refractivity contribution in [2.45, 2.75) is 20.0 Å². The number of nitrogens with zero attached hydrogens (tertiary/aromatic N) is 1. The van der Waals surface area contributed by atoms with Crippen LogP contribution in [-0.2, 0) is 29.5 Å². The third-order valence-corrected chi connectivity index (χ3v) is 3.68. The van der Waals surface area contributed by atoms with Crippen LogP contribution in [0.4, 0.5) is 0 Å². The highest BCUT2D eigenvalue weighted by Crippen LogP contribution is 2.29. The number of methoxy groups -OCH3 is 1. The van der Waals surface area contributed by atoms with Gasteiger partial charge in [-0.25, -0.2) is 0 Å². The van der Waals surface area contributed by atoms with Gasteiger partial charge in [-0.3, -0.25) is 0 Å². The first-order valence-corrected chi connectivity index (χ1v) is 6.80. The first-order chi connectivity index (χ1) is 8.67.